The summed E-state index contributed by atoms with van der Waals surface area (Å²) in [7, 11) is -3.18. The second-order valence-corrected chi connectivity index (χ2v) is 9.76. The Labute approximate surface area is 175 Å². The van der Waals surface area contributed by atoms with E-state index in [9.17, 15) is 8.42 Å². The summed E-state index contributed by atoms with van der Waals surface area (Å²) in [6.07, 6.45) is 8.19. The second kappa shape index (κ2) is 8.26. The van der Waals surface area contributed by atoms with Crippen molar-refractivity contribution in [2.45, 2.75) is 37.6 Å². The minimum Gasteiger partial charge on any atom is -0.281 e. The molecule has 0 amide bonds. The summed E-state index contributed by atoms with van der Waals surface area (Å²) in [5, 5.41) is 8.61. The van der Waals surface area contributed by atoms with Gasteiger partial charge in [-0.15, -0.1) is 0 Å². The molecule has 0 radical (unpaired) electrons. The quantitative estimate of drug-likeness (QED) is 0.629. The van der Waals surface area contributed by atoms with Crippen molar-refractivity contribution in [2.75, 3.05) is 6.26 Å². The van der Waals surface area contributed by atoms with E-state index >= 15 is 0 Å². The number of sulfonamides is 1. The Bertz CT molecular complexity index is 1070. The van der Waals surface area contributed by atoms with Gasteiger partial charge in [-0.05, 0) is 55.5 Å². The highest BCUT2D eigenvalue weighted by molar-refractivity contribution is 7.88. The molecule has 152 valence electrons. The Morgan fingerprint density at radius 2 is 1.66 bits per heavy atom. The second-order valence-electron chi connectivity index (χ2n) is 7.54. The Hall–Kier alpha value is -2.22. The zero-order valence-corrected chi connectivity index (χ0v) is 17.7. The summed E-state index contributed by atoms with van der Waals surface area (Å²) in [4.78, 5) is 4.14. The number of pyridine rings is 1. The van der Waals surface area contributed by atoms with Crippen LogP contribution in [0.5, 0.6) is 0 Å². The van der Waals surface area contributed by atoms with Crippen LogP contribution < -0.4 is 4.72 Å². The van der Waals surface area contributed by atoms with Crippen molar-refractivity contribution >= 4 is 21.6 Å². The minimum absolute atomic E-state index is 0.00397. The van der Waals surface area contributed by atoms with Crippen LogP contribution in [0.4, 0.5) is 0 Å². The van der Waals surface area contributed by atoms with Crippen LogP contribution in [-0.2, 0) is 10.0 Å². The maximum absolute atomic E-state index is 11.5. The Morgan fingerprint density at radius 3 is 2.28 bits per heavy atom. The van der Waals surface area contributed by atoms with E-state index in [-0.39, 0.29) is 6.04 Å². The lowest BCUT2D eigenvalue weighted by molar-refractivity contribution is 0.370. The molecule has 1 aliphatic carbocycles. The third-order valence-corrected chi connectivity index (χ3v) is 6.41. The van der Waals surface area contributed by atoms with E-state index in [1.165, 1.54) is 6.26 Å². The monoisotopic (exact) mass is 430 g/mol. The number of halogens is 1. The van der Waals surface area contributed by atoms with Crippen molar-refractivity contribution in [3.8, 4) is 22.4 Å². The maximum atomic E-state index is 11.5. The predicted molar refractivity (Wildman–Crippen MR) is 115 cm³/mol. The van der Waals surface area contributed by atoms with Gasteiger partial charge in [0.15, 0.2) is 0 Å². The zero-order valence-electron chi connectivity index (χ0n) is 16.1. The first-order valence-electron chi connectivity index (χ1n) is 9.62. The molecule has 0 unspecified atom stereocenters. The first-order valence-corrected chi connectivity index (χ1v) is 11.9. The van der Waals surface area contributed by atoms with Gasteiger partial charge in [0, 0.05) is 46.2 Å². The average Bonchev–Trinajstić information content (AvgIpc) is 3.14. The molecule has 29 heavy (non-hydrogen) atoms. The Morgan fingerprint density at radius 1 is 1.00 bits per heavy atom. The molecule has 0 spiro atoms. The lowest BCUT2D eigenvalue weighted by atomic mass is 9.82. The third-order valence-electron chi connectivity index (χ3n) is 5.40. The van der Waals surface area contributed by atoms with Crippen LogP contribution in [-0.4, -0.2) is 35.9 Å². The van der Waals surface area contributed by atoms with E-state index in [4.69, 9.17) is 11.6 Å². The highest BCUT2D eigenvalue weighted by atomic mass is 35.5. The molecule has 1 aliphatic rings. The van der Waals surface area contributed by atoms with E-state index in [1.54, 1.807) is 12.4 Å². The first-order chi connectivity index (χ1) is 13.9. The van der Waals surface area contributed by atoms with Crippen LogP contribution in [0.15, 0.2) is 48.8 Å². The molecule has 2 N–H and O–H groups in total. The van der Waals surface area contributed by atoms with Gasteiger partial charge in [0.2, 0.25) is 10.0 Å². The number of benzene rings is 1. The molecule has 0 bridgehead atoms. The van der Waals surface area contributed by atoms with Gasteiger partial charge >= 0.3 is 0 Å². The molecule has 0 aliphatic heterocycles. The number of hydrogen-bond acceptors (Lipinski definition) is 4. The normalized spacial score (nSPS) is 19.9. The number of nitrogens with zero attached hydrogens (tertiary/aromatic N) is 2. The summed E-state index contributed by atoms with van der Waals surface area (Å²) in [6.45, 7) is 0. The summed E-state index contributed by atoms with van der Waals surface area (Å²) in [6, 6.07) is 11.7. The predicted octanol–water partition coefficient (Wildman–Crippen LogP) is 4.37. The number of nitrogens with one attached hydrogen (secondary N) is 2. The Kier molecular flexibility index (Phi) is 5.72. The van der Waals surface area contributed by atoms with Crippen LogP contribution in [0, 0.1) is 0 Å². The van der Waals surface area contributed by atoms with Crippen LogP contribution in [0.3, 0.4) is 0 Å². The van der Waals surface area contributed by atoms with Crippen molar-refractivity contribution in [2.24, 2.45) is 0 Å². The smallest absolute Gasteiger partial charge is 0.208 e. The number of H-pyrrole nitrogens is 1. The summed E-state index contributed by atoms with van der Waals surface area (Å²) < 4.78 is 25.8. The molecule has 1 fully saturated rings. The fourth-order valence-corrected chi connectivity index (χ4v) is 5.05. The van der Waals surface area contributed by atoms with Crippen molar-refractivity contribution in [1.29, 1.82) is 0 Å². The van der Waals surface area contributed by atoms with Crippen LogP contribution in [0.25, 0.3) is 22.4 Å². The fourth-order valence-electron chi connectivity index (χ4n) is 4.08. The molecule has 0 saturated heterocycles. The van der Waals surface area contributed by atoms with Crippen molar-refractivity contribution in [3.63, 3.8) is 0 Å². The van der Waals surface area contributed by atoms with Gasteiger partial charge in [-0.1, -0.05) is 23.7 Å². The Balaban J connectivity index is 1.67. The van der Waals surface area contributed by atoms with Gasteiger partial charge in [-0.25, -0.2) is 13.1 Å². The van der Waals surface area contributed by atoms with E-state index in [1.807, 2.05) is 36.4 Å². The molecular weight excluding hydrogens is 408 g/mol. The number of hydrogen-bond donors (Lipinski definition) is 2. The first kappa shape index (κ1) is 20.1. The van der Waals surface area contributed by atoms with Crippen molar-refractivity contribution in [1.82, 2.24) is 19.9 Å². The molecule has 2 heterocycles. The van der Waals surface area contributed by atoms with E-state index in [0.29, 0.717) is 10.9 Å². The summed E-state index contributed by atoms with van der Waals surface area (Å²) >= 11 is 6.06. The van der Waals surface area contributed by atoms with Gasteiger partial charge in [0.05, 0.1) is 6.26 Å². The molecule has 6 nitrogen and oxygen atoms in total. The zero-order chi connectivity index (χ0) is 20.4. The van der Waals surface area contributed by atoms with Crippen molar-refractivity contribution < 1.29 is 8.42 Å². The highest BCUT2D eigenvalue weighted by Gasteiger charge is 2.29. The maximum Gasteiger partial charge on any atom is 0.208 e. The number of aromatic nitrogens is 3. The molecule has 1 aromatic carbocycles. The molecule has 2 aromatic heterocycles. The summed E-state index contributed by atoms with van der Waals surface area (Å²) in [5.41, 5.74) is 5.12. The number of aromatic amines is 1. The standard InChI is InChI=1S/C21H23ClN4O2S/c1-29(27,28)26-18-8-4-16(5-9-18)21-19(14-10-12-23-13-11-14)20(24-25-21)15-2-6-17(22)7-3-15/h2-3,6-7,10-13,16,18,26H,4-5,8-9H2,1H3,(H,24,25). The van der Waals surface area contributed by atoms with Gasteiger partial charge in [-0.3, -0.25) is 10.1 Å². The fraction of sp³-hybridized carbons (Fsp3) is 0.333. The van der Waals surface area contributed by atoms with Crippen LogP contribution in [0.2, 0.25) is 5.02 Å². The number of rotatable bonds is 5. The lowest BCUT2D eigenvalue weighted by Gasteiger charge is -2.28. The van der Waals surface area contributed by atoms with E-state index < -0.39 is 10.0 Å². The molecular formula is C21H23ClN4O2S. The third kappa shape index (κ3) is 4.69. The van der Waals surface area contributed by atoms with Gasteiger partial charge in [-0.2, -0.15) is 5.10 Å². The largest absolute Gasteiger partial charge is 0.281 e. The van der Waals surface area contributed by atoms with Crippen LogP contribution >= 0.6 is 11.6 Å². The highest BCUT2D eigenvalue weighted by Crippen LogP contribution is 2.41. The molecule has 8 heteroatoms. The van der Waals surface area contributed by atoms with Crippen LogP contribution in [0.1, 0.15) is 37.3 Å². The minimum atomic E-state index is -3.18. The molecule has 1 saturated carbocycles. The van der Waals surface area contributed by atoms with Gasteiger partial charge < -0.3 is 0 Å². The van der Waals surface area contributed by atoms with Gasteiger partial charge in [0.1, 0.15) is 5.69 Å². The SMILES string of the molecule is CS(=O)(=O)NC1CCC(c2[nH]nc(-c3ccc(Cl)cc3)c2-c2ccncc2)CC1. The average molecular weight is 431 g/mol. The van der Waals surface area contributed by atoms with Crippen molar-refractivity contribution in [3.05, 3.63) is 59.5 Å². The molecule has 0 atom stereocenters. The van der Waals surface area contributed by atoms with Gasteiger partial charge in [0.25, 0.3) is 0 Å². The molecule has 4 rings (SSSR count). The topological polar surface area (TPSA) is 87.7 Å². The van der Waals surface area contributed by atoms with E-state index in [0.717, 1.165) is 53.8 Å². The lowest BCUT2D eigenvalue weighted by Crippen LogP contribution is -2.36. The summed E-state index contributed by atoms with van der Waals surface area (Å²) in [5.74, 6) is 0.296. The molecule has 3 aromatic rings. The van der Waals surface area contributed by atoms with E-state index in [2.05, 4.69) is 19.9 Å².